The highest BCUT2D eigenvalue weighted by atomic mass is 16.5. The van der Waals surface area contributed by atoms with Gasteiger partial charge in [0, 0.05) is 44.1 Å². The number of nitrogens with zero attached hydrogens (tertiary/aromatic N) is 2. The number of nitrogens with two attached hydrogens (primary N) is 1. The standard InChI is InChI=1S/C18H21N5O3/c1-11(24)22-16-9-12(2-5-20-16)13-8-15(17(19)21-10-13)18(25)23-14-3-6-26-7-4-14/h2,5,8-10,14H,3-4,6-7H2,1H3,(H2,19,21)(H,23,25)(H,20,22,24). The Morgan fingerprint density at radius 3 is 2.69 bits per heavy atom. The van der Waals surface area contributed by atoms with Crippen molar-refractivity contribution in [2.75, 3.05) is 24.3 Å². The third-order valence-corrected chi connectivity index (χ3v) is 4.12. The Kier molecular flexibility index (Phi) is 5.43. The minimum atomic E-state index is -0.250. The Labute approximate surface area is 151 Å². The first-order chi connectivity index (χ1) is 12.5. The van der Waals surface area contributed by atoms with E-state index in [1.54, 1.807) is 30.6 Å². The van der Waals surface area contributed by atoms with E-state index < -0.39 is 0 Å². The number of anilines is 2. The molecule has 0 saturated carbocycles. The van der Waals surface area contributed by atoms with Crippen LogP contribution in [-0.2, 0) is 9.53 Å². The monoisotopic (exact) mass is 355 g/mol. The molecule has 2 aromatic rings. The molecule has 2 amide bonds. The predicted octanol–water partition coefficient (Wildman–Crippen LogP) is 1.59. The number of hydrogen-bond acceptors (Lipinski definition) is 6. The van der Waals surface area contributed by atoms with Gasteiger partial charge in [-0.3, -0.25) is 9.59 Å². The molecule has 4 N–H and O–H groups in total. The van der Waals surface area contributed by atoms with E-state index in [1.807, 2.05) is 0 Å². The van der Waals surface area contributed by atoms with Crippen LogP contribution in [0, 0.1) is 0 Å². The normalized spacial score (nSPS) is 14.7. The van der Waals surface area contributed by atoms with Gasteiger partial charge in [0.25, 0.3) is 5.91 Å². The van der Waals surface area contributed by atoms with Crippen LogP contribution >= 0.6 is 0 Å². The number of pyridine rings is 2. The fourth-order valence-electron chi connectivity index (χ4n) is 2.78. The molecule has 1 saturated heterocycles. The summed E-state index contributed by atoms with van der Waals surface area (Å²) in [5.74, 6) is 0.149. The van der Waals surface area contributed by atoms with E-state index in [0.29, 0.717) is 30.2 Å². The van der Waals surface area contributed by atoms with E-state index in [-0.39, 0.29) is 23.7 Å². The summed E-state index contributed by atoms with van der Waals surface area (Å²) < 4.78 is 5.30. The fourth-order valence-corrected chi connectivity index (χ4v) is 2.78. The van der Waals surface area contributed by atoms with E-state index >= 15 is 0 Å². The first-order valence-electron chi connectivity index (χ1n) is 8.41. The van der Waals surface area contributed by atoms with Crippen LogP contribution in [0.5, 0.6) is 0 Å². The third kappa shape index (κ3) is 4.34. The summed E-state index contributed by atoms with van der Waals surface area (Å²) in [6.07, 6.45) is 4.73. The molecule has 1 fully saturated rings. The molecule has 3 rings (SSSR count). The Hall–Kier alpha value is -3.00. The van der Waals surface area contributed by atoms with Crippen LogP contribution in [0.2, 0.25) is 0 Å². The van der Waals surface area contributed by atoms with Crippen molar-refractivity contribution in [2.45, 2.75) is 25.8 Å². The summed E-state index contributed by atoms with van der Waals surface area (Å²) in [5, 5.41) is 5.62. The number of carbonyl (C=O) groups is 2. The van der Waals surface area contributed by atoms with E-state index in [9.17, 15) is 9.59 Å². The second-order valence-corrected chi connectivity index (χ2v) is 6.13. The van der Waals surface area contributed by atoms with Crippen LogP contribution in [0.1, 0.15) is 30.1 Å². The van der Waals surface area contributed by atoms with E-state index in [1.165, 1.54) is 6.92 Å². The molecular formula is C18H21N5O3. The summed E-state index contributed by atoms with van der Waals surface area (Å²) in [4.78, 5) is 32.0. The van der Waals surface area contributed by atoms with Crippen molar-refractivity contribution >= 4 is 23.5 Å². The predicted molar refractivity (Wildman–Crippen MR) is 97.5 cm³/mol. The number of nitrogen functional groups attached to an aromatic ring is 1. The SMILES string of the molecule is CC(=O)Nc1cc(-c2cnc(N)c(C(=O)NC3CCOCC3)c2)ccn1. The van der Waals surface area contributed by atoms with Crippen LogP contribution in [0.3, 0.4) is 0 Å². The number of hydrogen-bond donors (Lipinski definition) is 3. The van der Waals surface area contributed by atoms with Gasteiger partial charge in [-0.05, 0) is 36.6 Å². The zero-order valence-corrected chi connectivity index (χ0v) is 14.5. The maximum absolute atomic E-state index is 12.6. The molecule has 8 heteroatoms. The lowest BCUT2D eigenvalue weighted by Gasteiger charge is -2.23. The third-order valence-electron chi connectivity index (χ3n) is 4.12. The van der Waals surface area contributed by atoms with Gasteiger partial charge in [0.2, 0.25) is 5.91 Å². The van der Waals surface area contributed by atoms with Gasteiger partial charge in [0.1, 0.15) is 11.6 Å². The molecule has 3 heterocycles. The van der Waals surface area contributed by atoms with Gasteiger partial charge in [0.15, 0.2) is 0 Å². The first kappa shape index (κ1) is 17.8. The van der Waals surface area contributed by atoms with E-state index in [4.69, 9.17) is 10.5 Å². The lowest BCUT2D eigenvalue weighted by molar-refractivity contribution is -0.114. The van der Waals surface area contributed by atoms with E-state index in [0.717, 1.165) is 18.4 Å². The number of aromatic nitrogens is 2. The number of carbonyl (C=O) groups excluding carboxylic acids is 2. The molecule has 0 spiro atoms. The summed E-state index contributed by atoms with van der Waals surface area (Å²) >= 11 is 0. The second-order valence-electron chi connectivity index (χ2n) is 6.13. The highest BCUT2D eigenvalue weighted by molar-refractivity contribution is 5.99. The molecule has 0 aromatic carbocycles. The number of nitrogens with one attached hydrogen (secondary N) is 2. The Balaban J connectivity index is 1.83. The minimum Gasteiger partial charge on any atom is -0.383 e. The first-order valence-corrected chi connectivity index (χ1v) is 8.41. The Morgan fingerprint density at radius 2 is 1.96 bits per heavy atom. The number of rotatable bonds is 4. The van der Waals surface area contributed by atoms with Crippen molar-refractivity contribution in [2.24, 2.45) is 0 Å². The average molecular weight is 355 g/mol. The summed E-state index contributed by atoms with van der Waals surface area (Å²) in [5.41, 5.74) is 7.72. The van der Waals surface area contributed by atoms with Gasteiger partial charge >= 0.3 is 0 Å². The zero-order valence-electron chi connectivity index (χ0n) is 14.5. The molecule has 0 atom stereocenters. The smallest absolute Gasteiger partial charge is 0.255 e. The lowest BCUT2D eigenvalue weighted by Crippen LogP contribution is -2.39. The van der Waals surface area contributed by atoms with Crippen LogP contribution in [-0.4, -0.2) is 41.0 Å². The number of amides is 2. The summed E-state index contributed by atoms with van der Waals surface area (Å²) in [6.45, 7) is 2.70. The fraction of sp³-hybridized carbons (Fsp3) is 0.333. The van der Waals surface area contributed by atoms with E-state index in [2.05, 4.69) is 20.6 Å². The largest absolute Gasteiger partial charge is 0.383 e. The molecule has 1 aliphatic heterocycles. The van der Waals surface area contributed by atoms with Crippen molar-refractivity contribution in [1.29, 1.82) is 0 Å². The molecule has 136 valence electrons. The zero-order chi connectivity index (χ0) is 18.5. The summed E-state index contributed by atoms with van der Waals surface area (Å²) in [7, 11) is 0. The Bertz CT molecular complexity index is 818. The molecule has 0 unspecified atom stereocenters. The molecule has 2 aromatic heterocycles. The van der Waals surface area contributed by atoms with Crippen molar-refractivity contribution in [3.63, 3.8) is 0 Å². The average Bonchev–Trinajstić information content (AvgIpc) is 2.62. The van der Waals surface area contributed by atoms with Crippen molar-refractivity contribution in [1.82, 2.24) is 15.3 Å². The molecule has 26 heavy (non-hydrogen) atoms. The topological polar surface area (TPSA) is 119 Å². The quantitative estimate of drug-likeness (QED) is 0.766. The maximum Gasteiger partial charge on any atom is 0.255 e. The number of ether oxygens (including phenoxy) is 1. The van der Waals surface area contributed by atoms with Gasteiger partial charge in [0.05, 0.1) is 5.56 Å². The molecule has 8 nitrogen and oxygen atoms in total. The summed E-state index contributed by atoms with van der Waals surface area (Å²) in [6, 6.07) is 5.27. The van der Waals surface area contributed by atoms with Crippen LogP contribution in [0.15, 0.2) is 30.6 Å². The van der Waals surface area contributed by atoms with Crippen LogP contribution < -0.4 is 16.4 Å². The highest BCUT2D eigenvalue weighted by Crippen LogP contribution is 2.24. The van der Waals surface area contributed by atoms with Crippen molar-refractivity contribution in [3.8, 4) is 11.1 Å². The van der Waals surface area contributed by atoms with Crippen molar-refractivity contribution < 1.29 is 14.3 Å². The Morgan fingerprint density at radius 1 is 1.19 bits per heavy atom. The van der Waals surface area contributed by atoms with Crippen molar-refractivity contribution in [3.05, 3.63) is 36.2 Å². The van der Waals surface area contributed by atoms with Gasteiger partial charge in [-0.2, -0.15) is 0 Å². The van der Waals surface area contributed by atoms with Crippen LogP contribution in [0.4, 0.5) is 11.6 Å². The molecule has 0 aliphatic carbocycles. The van der Waals surface area contributed by atoms with Gasteiger partial charge in [-0.1, -0.05) is 0 Å². The van der Waals surface area contributed by atoms with Gasteiger partial charge in [-0.25, -0.2) is 9.97 Å². The second kappa shape index (κ2) is 7.92. The van der Waals surface area contributed by atoms with Crippen LogP contribution in [0.25, 0.3) is 11.1 Å². The highest BCUT2D eigenvalue weighted by Gasteiger charge is 2.19. The minimum absolute atomic E-state index is 0.0756. The lowest BCUT2D eigenvalue weighted by atomic mass is 10.0. The molecule has 0 radical (unpaired) electrons. The molecular weight excluding hydrogens is 334 g/mol. The van der Waals surface area contributed by atoms with Gasteiger partial charge in [-0.15, -0.1) is 0 Å². The maximum atomic E-state index is 12.6. The van der Waals surface area contributed by atoms with Gasteiger partial charge < -0.3 is 21.1 Å². The molecule has 0 bridgehead atoms. The molecule has 1 aliphatic rings.